The number of hydrogen-bond acceptors (Lipinski definition) is 3. The van der Waals surface area contributed by atoms with Gasteiger partial charge in [0.25, 0.3) is 0 Å². The molecule has 1 aromatic carbocycles. The van der Waals surface area contributed by atoms with Gasteiger partial charge in [0.15, 0.2) is 0 Å². The van der Waals surface area contributed by atoms with Crippen molar-refractivity contribution in [2.75, 3.05) is 26.4 Å². The van der Waals surface area contributed by atoms with Crippen LogP contribution in [-0.2, 0) is 4.74 Å². The van der Waals surface area contributed by atoms with Crippen molar-refractivity contribution >= 4 is 0 Å². The highest BCUT2D eigenvalue weighted by Gasteiger charge is 2.29. The smallest absolute Gasteiger partial charge is 0.0698 e. The molecule has 0 atom stereocenters. The number of ether oxygens (including phenoxy) is 1. The molecule has 1 aliphatic carbocycles. The molecule has 0 aliphatic heterocycles. The molecule has 0 bridgehead atoms. The lowest BCUT2D eigenvalue weighted by molar-refractivity contribution is 0.0901. The fraction of sp³-hybridized carbons (Fsp3) is 0.571. The molecule has 0 radical (unpaired) electrons. The van der Waals surface area contributed by atoms with Crippen molar-refractivity contribution in [2.45, 2.75) is 24.8 Å². The molecule has 0 amide bonds. The zero-order valence-corrected chi connectivity index (χ0v) is 10.1. The topological polar surface area (TPSA) is 41.5 Å². The number of rotatable bonds is 7. The standard InChI is InChI=1S/C14H21NO2/c16-7-9-17-8-6-15-14-10-13(11-14)12-4-2-1-3-5-12/h1-5,13-16H,6-11H2. The first-order chi connectivity index (χ1) is 8.40. The van der Waals surface area contributed by atoms with Crippen LogP contribution in [0, 0.1) is 0 Å². The third kappa shape index (κ3) is 3.80. The molecule has 0 spiro atoms. The minimum absolute atomic E-state index is 0.111. The third-order valence-electron chi connectivity index (χ3n) is 3.32. The molecule has 3 heteroatoms. The van der Waals surface area contributed by atoms with Crippen molar-refractivity contribution in [3.05, 3.63) is 35.9 Å². The lowest BCUT2D eigenvalue weighted by Crippen LogP contribution is -2.41. The van der Waals surface area contributed by atoms with E-state index in [9.17, 15) is 0 Å². The molecule has 0 unspecified atom stereocenters. The molecule has 1 fully saturated rings. The van der Waals surface area contributed by atoms with Gasteiger partial charge in [0.1, 0.15) is 0 Å². The molecular weight excluding hydrogens is 214 g/mol. The monoisotopic (exact) mass is 235 g/mol. The van der Waals surface area contributed by atoms with Gasteiger partial charge in [0.2, 0.25) is 0 Å². The Labute approximate surface area is 103 Å². The summed E-state index contributed by atoms with van der Waals surface area (Å²) in [6.45, 7) is 2.12. The van der Waals surface area contributed by atoms with Crippen LogP contribution in [0.15, 0.2) is 30.3 Å². The van der Waals surface area contributed by atoms with E-state index in [0.717, 1.165) is 12.5 Å². The molecule has 0 heterocycles. The van der Waals surface area contributed by atoms with E-state index in [1.54, 1.807) is 0 Å². The minimum atomic E-state index is 0.111. The molecule has 1 saturated carbocycles. The van der Waals surface area contributed by atoms with Crippen molar-refractivity contribution in [1.29, 1.82) is 0 Å². The summed E-state index contributed by atoms with van der Waals surface area (Å²) in [6.07, 6.45) is 2.45. The summed E-state index contributed by atoms with van der Waals surface area (Å²) in [7, 11) is 0. The van der Waals surface area contributed by atoms with Gasteiger partial charge in [-0.2, -0.15) is 0 Å². The second-order valence-corrected chi connectivity index (χ2v) is 4.57. The molecule has 17 heavy (non-hydrogen) atoms. The number of hydrogen-bond donors (Lipinski definition) is 2. The van der Waals surface area contributed by atoms with Crippen LogP contribution in [-0.4, -0.2) is 37.5 Å². The first kappa shape index (κ1) is 12.6. The van der Waals surface area contributed by atoms with E-state index in [2.05, 4.69) is 35.6 Å². The normalized spacial score (nSPS) is 23.4. The van der Waals surface area contributed by atoms with Crippen LogP contribution in [0.25, 0.3) is 0 Å². The lowest BCUT2D eigenvalue weighted by Gasteiger charge is -2.36. The Bertz CT molecular complexity index is 309. The second-order valence-electron chi connectivity index (χ2n) is 4.57. The van der Waals surface area contributed by atoms with Crippen LogP contribution in [0.5, 0.6) is 0 Å². The van der Waals surface area contributed by atoms with Crippen molar-refractivity contribution in [1.82, 2.24) is 5.32 Å². The van der Waals surface area contributed by atoms with E-state index in [4.69, 9.17) is 9.84 Å². The molecular formula is C14H21NO2. The highest BCUT2D eigenvalue weighted by atomic mass is 16.5. The van der Waals surface area contributed by atoms with E-state index in [1.165, 1.54) is 18.4 Å². The molecule has 3 nitrogen and oxygen atoms in total. The molecule has 2 N–H and O–H groups in total. The number of benzene rings is 1. The molecule has 94 valence electrons. The van der Waals surface area contributed by atoms with E-state index >= 15 is 0 Å². The average Bonchev–Trinajstić information content (AvgIpc) is 2.32. The summed E-state index contributed by atoms with van der Waals surface area (Å²) in [4.78, 5) is 0. The van der Waals surface area contributed by atoms with E-state index < -0.39 is 0 Å². The van der Waals surface area contributed by atoms with Gasteiger partial charge in [-0.25, -0.2) is 0 Å². The predicted octanol–water partition coefficient (Wildman–Crippen LogP) is 1.53. The maximum atomic E-state index is 8.55. The Balaban J connectivity index is 1.57. The summed E-state index contributed by atoms with van der Waals surface area (Å²) >= 11 is 0. The van der Waals surface area contributed by atoms with Crippen LogP contribution in [0.2, 0.25) is 0 Å². The second kappa shape index (κ2) is 6.74. The predicted molar refractivity (Wildman–Crippen MR) is 68.1 cm³/mol. The Morgan fingerprint density at radius 3 is 2.65 bits per heavy atom. The Morgan fingerprint density at radius 2 is 1.94 bits per heavy atom. The molecule has 1 aliphatic rings. The van der Waals surface area contributed by atoms with Crippen LogP contribution in [0.1, 0.15) is 24.3 Å². The lowest BCUT2D eigenvalue weighted by atomic mass is 9.76. The summed E-state index contributed by atoms with van der Waals surface area (Å²) in [5, 5.41) is 12.0. The van der Waals surface area contributed by atoms with E-state index in [-0.39, 0.29) is 6.61 Å². The Hall–Kier alpha value is -0.900. The summed E-state index contributed by atoms with van der Waals surface area (Å²) < 4.78 is 5.20. The Morgan fingerprint density at radius 1 is 1.18 bits per heavy atom. The van der Waals surface area contributed by atoms with E-state index in [0.29, 0.717) is 19.3 Å². The fourth-order valence-electron chi connectivity index (χ4n) is 2.28. The SMILES string of the molecule is OCCOCCNC1CC(c2ccccc2)C1. The van der Waals surface area contributed by atoms with Crippen molar-refractivity contribution < 1.29 is 9.84 Å². The minimum Gasteiger partial charge on any atom is -0.394 e. The van der Waals surface area contributed by atoms with Crippen LogP contribution in [0.4, 0.5) is 0 Å². The molecule has 2 rings (SSSR count). The quantitative estimate of drug-likeness (QED) is 0.704. The maximum Gasteiger partial charge on any atom is 0.0698 e. The van der Waals surface area contributed by atoms with Gasteiger partial charge in [0.05, 0.1) is 19.8 Å². The highest BCUT2D eigenvalue weighted by Crippen LogP contribution is 2.36. The van der Waals surface area contributed by atoms with Gasteiger partial charge < -0.3 is 15.2 Å². The van der Waals surface area contributed by atoms with Gasteiger partial charge in [-0.05, 0) is 24.3 Å². The third-order valence-corrected chi connectivity index (χ3v) is 3.32. The fourth-order valence-corrected chi connectivity index (χ4v) is 2.28. The number of aliphatic hydroxyl groups is 1. The zero-order chi connectivity index (χ0) is 11.9. The summed E-state index contributed by atoms with van der Waals surface area (Å²) in [5.41, 5.74) is 1.46. The molecule has 0 aromatic heterocycles. The van der Waals surface area contributed by atoms with E-state index in [1.807, 2.05) is 0 Å². The molecule has 0 saturated heterocycles. The highest BCUT2D eigenvalue weighted by molar-refractivity contribution is 5.22. The molecule has 1 aromatic rings. The first-order valence-electron chi connectivity index (χ1n) is 6.37. The van der Waals surface area contributed by atoms with Gasteiger partial charge in [0, 0.05) is 12.6 Å². The first-order valence-corrected chi connectivity index (χ1v) is 6.37. The zero-order valence-electron chi connectivity index (χ0n) is 10.1. The summed E-state index contributed by atoms with van der Waals surface area (Å²) in [5.74, 6) is 0.729. The summed E-state index contributed by atoms with van der Waals surface area (Å²) in [6, 6.07) is 11.3. The largest absolute Gasteiger partial charge is 0.394 e. The maximum absolute atomic E-state index is 8.55. The van der Waals surface area contributed by atoms with Crippen LogP contribution >= 0.6 is 0 Å². The van der Waals surface area contributed by atoms with Gasteiger partial charge in [-0.1, -0.05) is 30.3 Å². The van der Waals surface area contributed by atoms with Crippen LogP contribution in [0.3, 0.4) is 0 Å². The Kier molecular flexibility index (Phi) is 4.98. The van der Waals surface area contributed by atoms with Crippen molar-refractivity contribution in [2.24, 2.45) is 0 Å². The van der Waals surface area contributed by atoms with Crippen LogP contribution < -0.4 is 5.32 Å². The van der Waals surface area contributed by atoms with Gasteiger partial charge >= 0.3 is 0 Å². The average molecular weight is 235 g/mol. The number of aliphatic hydroxyl groups excluding tert-OH is 1. The van der Waals surface area contributed by atoms with Crippen molar-refractivity contribution in [3.8, 4) is 0 Å². The number of nitrogens with one attached hydrogen (secondary N) is 1. The van der Waals surface area contributed by atoms with Crippen molar-refractivity contribution in [3.63, 3.8) is 0 Å². The van der Waals surface area contributed by atoms with Gasteiger partial charge in [-0.15, -0.1) is 0 Å². The van der Waals surface area contributed by atoms with Gasteiger partial charge in [-0.3, -0.25) is 0 Å².